The third-order valence-electron chi connectivity index (χ3n) is 5.25. The van der Waals surface area contributed by atoms with Crippen molar-refractivity contribution in [1.82, 2.24) is 25.0 Å². The minimum Gasteiger partial charge on any atom is -0.356 e. The summed E-state index contributed by atoms with van der Waals surface area (Å²) >= 11 is 1.54. The van der Waals surface area contributed by atoms with E-state index < -0.39 is 0 Å². The fourth-order valence-corrected chi connectivity index (χ4v) is 4.22. The van der Waals surface area contributed by atoms with Gasteiger partial charge in [-0.1, -0.05) is 50.2 Å². The normalized spacial score (nSPS) is 12.2. The molecule has 7 heteroatoms. The summed E-state index contributed by atoms with van der Waals surface area (Å²) < 4.78 is 1.98. The fourth-order valence-electron chi connectivity index (χ4n) is 3.66. The molecule has 1 atom stereocenters. The van der Waals surface area contributed by atoms with E-state index in [4.69, 9.17) is 0 Å². The average Bonchev–Trinajstić information content (AvgIpc) is 3.48. The van der Waals surface area contributed by atoms with E-state index in [1.54, 1.807) is 23.2 Å². The van der Waals surface area contributed by atoms with Crippen LogP contribution in [0.2, 0.25) is 0 Å². The summed E-state index contributed by atoms with van der Waals surface area (Å²) in [5.74, 6) is 0.517. The standard InChI is InChI=1S/C22H24N6S/c1-3-16(4-2)21(28-14-23-13-25-28)17-5-9-19(10-6-17)26-20-11-7-18(8-12-20)22-27-24-15-29-22/h5-16,21,26H,3-4H2,1-2H3. The van der Waals surface area contributed by atoms with E-state index in [1.807, 2.05) is 11.0 Å². The second-order valence-corrected chi connectivity index (χ2v) is 7.80. The lowest BCUT2D eigenvalue weighted by atomic mass is 9.89. The summed E-state index contributed by atoms with van der Waals surface area (Å²) in [5.41, 5.74) is 6.17. The van der Waals surface area contributed by atoms with E-state index in [2.05, 4.69) is 88.0 Å². The summed E-state index contributed by atoms with van der Waals surface area (Å²) in [4.78, 5) is 4.15. The van der Waals surface area contributed by atoms with Crippen LogP contribution in [0.3, 0.4) is 0 Å². The van der Waals surface area contributed by atoms with Crippen LogP contribution in [-0.4, -0.2) is 25.0 Å². The molecule has 0 bridgehead atoms. The maximum atomic E-state index is 4.41. The minimum atomic E-state index is 0.202. The van der Waals surface area contributed by atoms with Gasteiger partial charge in [0, 0.05) is 16.9 Å². The molecule has 0 aliphatic heterocycles. The van der Waals surface area contributed by atoms with E-state index >= 15 is 0 Å². The van der Waals surface area contributed by atoms with Gasteiger partial charge in [0.1, 0.15) is 23.2 Å². The van der Waals surface area contributed by atoms with Gasteiger partial charge in [-0.3, -0.25) is 0 Å². The monoisotopic (exact) mass is 404 g/mol. The van der Waals surface area contributed by atoms with Crippen molar-refractivity contribution in [2.24, 2.45) is 5.92 Å². The Labute approximate surface area is 174 Å². The largest absolute Gasteiger partial charge is 0.356 e. The second-order valence-electron chi connectivity index (χ2n) is 6.97. The van der Waals surface area contributed by atoms with E-state index in [-0.39, 0.29) is 6.04 Å². The third-order valence-corrected chi connectivity index (χ3v) is 5.99. The number of hydrogen-bond donors (Lipinski definition) is 1. The van der Waals surface area contributed by atoms with Gasteiger partial charge in [0.25, 0.3) is 0 Å². The molecule has 4 aromatic rings. The van der Waals surface area contributed by atoms with Gasteiger partial charge in [0.2, 0.25) is 0 Å². The molecule has 0 amide bonds. The number of anilines is 2. The molecule has 0 saturated heterocycles. The predicted octanol–water partition coefficient (Wildman–Crippen LogP) is 5.57. The molecule has 0 aliphatic carbocycles. The second kappa shape index (κ2) is 8.96. The van der Waals surface area contributed by atoms with Gasteiger partial charge in [-0.25, -0.2) is 9.67 Å². The molecule has 0 radical (unpaired) electrons. The van der Waals surface area contributed by atoms with Crippen LogP contribution >= 0.6 is 11.3 Å². The van der Waals surface area contributed by atoms with Gasteiger partial charge in [-0.05, 0) is 47.9 Å². The van der Waals surface area contributed by atoms with Gasteiger partial charge in [0.15, 0.2) is 0 Å². The molecule has 2 aromatic carbocycles. The molecule has 148 valence electrons. The quantitative estimate of drug-likeness (QED) is 0.416. The summed E-state index contributed by atoms with van der Waals surface area (Å²) in [6.07, 6.45) is 5.62. The van der Waals surface area contributed by atoms with Crippen LogP contribution in [0.15, 0.2) is 66.7 Å². The Morgan fingerprint density at radius 1 is 0.966 bits per heavy atom. The van der Waals surface area contributed by atoms with Crippen molar-refractivity contribution < 1.29 is 0 Å². The zero-order valence-electron chi connectivity index (χ0n) is 16.6. The van der Waals surface area contributed by atoms with Gasteiger partial charge in [0.05, 0.1) is 6.04 Å². The number of benzene rings is 2. The summed E-state index contributed by atoms with van der Waals surface area (Å²) in [7, 11) is 0. The van der Waals surface area contributed by atoms with Crippen LogP contribution in [0, 0.1) is 5.92 Å². The van der Waals surface area contributed by atoms with Crippen molar-refractivity contribution in [2.45, 2.75) is 32.7 Å². The van der Waals surface area contributed by atoms with Crippen molar-refractivity contribution in [1.29, 1.82) is 0 Å². The van der Waals surface area contributed by atoms with Crippen molar-refractivity contribution in [3.05, 3.63) is 72.3 Å². The molecule has 4 rings (SSSR count). The molecule has 2 aromatic heterocycles. The van der Waals surface area contributed by atoms with Crippen LogP contribution in [0.25, 0.3) is 10.6 Å². The van der Waals surface area contributed by atoms with Gasteiger partial charge in [-0.2, -0.15) is 5.10 Å². The minimum absolute atomic E-state index is 0.202. The molecule has 29 heavy (non-hydrogen) atoms. The zero-order chi connectivity index (χ0) is 20.1. The van der Waals surface area contributed by atoms with Crippen molar-refractivity contribution in [3.8, 4) is 10.6 Å². The molecule has 1 N–H and O–H groups in total. The Morgan fingerprint density at radius 2 is 1.66 bits per heavy atom. The van der Waals surface area contributed by atoms with Gasteiger partial charge < -0.3 is 5.32 Å². The van der Waals surface area contributed by atoms with Crippen LogP contribution < -0.4 is 5.32 Å². The topological polar surface area (TPSA) is 68.5 Å². The molecule has 2 heterocycles. The molecular formula is C22H24N6S. The molecule has 6 nitrogen and oxygen atoms in total. The number of hydrogen-bond acceptors (Lipinski definition) is 6. The highest BCUT2D eigenvalue weighted by atomic mass is 32.1. The SMILES string of the molecule is CCC(CC)C(c1ccc(Nc2ccc(-c3nncs3)cc2)cc1)n1cncn1. The highest BCUT2D eigenvalue weighted by Gasteiger charge is 2.23. The van der Waals surface area contributed by atoms with Gasteiger partial charge in [-0.15, -0.1) is 10.2 Å². The van der Waals surface area contributed by atoms with Crippen molar-refractivity contribution in [3.63, 3.8) is 0 Å². The van der Waals surface area contributed by atoms with Crippen molar-refractivity contribution in [2.75, 3.05) is 5.32 Å². The Morgan fingerprint density at radius 3 is 2.21 bits per heavy atom. The first kappa shape index (κ1) is 19.3. The van der Waals surface area contributed by atoms with Crippen molar-refractivity contribution >= 4 is 22.7 Å². The fraction of sp³-hybridized carbons (Fsp3) is 0.273. The molecule has 0 aliphatic rings. The van der Waals surface area contributed by atoms with Crippen LogP contribution in [0.4, 0.5) is 11.4 Å². The number of rotatable bonds is 8. The lowest BCUT2D eigenvalue weighted by Gasteiger charge is -2.26. The predicted molar refractivity (Wildman–Crippen MR) is 117 cm³/mol. The zero-order valence-corrected chi connectivity index (χ0v) is 17.4. The van der Waals surface area contributed by atoms with Crippen LogP contribution in [0.1, 0.15) is 38.3 Å². The number of aromatic nitrogens is 5. The molecule has 0 fully saturated rings. The molecule has 0 spiro atoms. The Bertz CT molecular complexity index is 991. The molecular weight excluding hydrogens is 380 g/mol. The highest BCUT2D eigenvalue weighted by Crippen LogP contribution is 2.32. The smallest absolute Gasteiger partial charge is 0.147 e. The van der Waals surface area contributed by atoms with Crippen LogP contribution in [-0.2, 0) is 0 Å². The summed E-state index contributed by atoms with van der Waals surface area (Å²) in [6.45, 7) is 4.47. The lowest BCUT2D eigenvalue weighted by molar-refractivity contribution is 0.332. The Kier molecular flexibility index (Phi) is 5.95. The molecule has 0 saturated carbocycles. The van der Waals surface area contributed by atoms with Crippen LogP contribution in [0.5, 0.6) is 0 Å². The highest BCUT2D eigenvalue weighted by molar-refractivity contribution is 7.12. The number of nitrogens with zero attached hydrogens (tertiary/aromatic N) is 5. The first-order chi connectivity index (χ1) is 14.3. The maximum absolute atomic E-state index is 4.41. The summed E-state index contributed by atoms with van der Waals surface area (Å²) in [5, 5.41) is 16.8. The summed E-state index contributed by atoms with van der Waals surface area (Å²) in [6, 6.07) is 17.1. The average molecular weight is 405 g/mol. The van der Waals surface area contributed by atoms with E-state index in [1.165, 1.54) is 5.56 Å². The first-order valence-corrected chi connectivity index (χ1v) is 10.7. The maximum Gasteiger partial charge on any atom is 0.147 e. The van der Waals surface area contributed by atoms with E-state index in [0.29, 0.717) is 5.92 Å². The van der Waals surface area contributed by atoms with E-state index in [9.17, 15) is 0 Å². The Hall–Kier alpha value is -3.06. The molecule has 1 unspecified atom stereocenters. The lowest BCUT2D eigenvalue weighted by Crippen LogP contribution is -2.20. The van der Waals surface area contributed by atoms with Gasteiger partial charge >= 0.3 is 0 Å². The Balaban J connectivity index is 1.51. The first-order valence-electron chi connectivity index (χ1n) is 9.86. The van der Waals surface area contributed by atoms with E-state index in [0.717, 1.165) is 34.8 Å². The number of nitrogens with one attached hydrogen (secondary N) is 1. The third kappa shape index (κ3) is 4.35.